The van der Waals surface area contributed by atoms with Crippen LogP contribution in [-0.2, 0) is 27.1 Å². The number of halogens is 3. The Morgan fingerprint density at radius 3 is 2.24 bits per heavy atom. The van der Waals surface area contributed by atoms with E-state index in [9.17, 15) is 32.3 Å². The Hall–Kier alpha value is -4.88. The Kier molecular flexibility index (Phi) is 8.81. The third-order valence-corrected chi connectivity index (χ3v) is 11.8. The summed E-state index contributed by atoms with van der Waals surface area (Å²) in [6.45, 7) is 5.21. The molecule has 1 N–H and O–H groups in total. The maximum Gasteiger partial charge on any atom is 0.418 e. The summed E-state index contributed by atoms with van der Waals surface area (Å²) < 4.78 is 43.6. The number of fused-ring (bicyclic) bond motifs is 3. The molecule has 1 fully saturated rings. The molecule has 3 heterocycles. The van der Waals surface area contributed by atoms with E-state index in [2.05, 4.69) is 10.2 Å². The van der Waals surface area contributed by atoms with Gasteiger partial charge in [-0.1, -0.05) is 77.7 Å². The Morgan fingerprint density at radius 2 is 1.54 bits per heavy atom. The summed E-state index contributed by atoms with van der Waals surface area (Å²) in [7, 11) is 0. The zero-order chi connectivity index (χ0) is 35.3. The summed E-state index contributed by atoms with van der Waals surface area (Å²) in [5.41, 5.74) is 0.490. The highest BCUT2D eigenvalue weighted by Gasteiger charge is 2.57. The molecule has 2 aliphatic heterocycles. The lowest BCUT2D eigenvalue weighted by molar-refractivity contribution is -0.137. The van der Waals surface area contributed by atoms with Crippen molar-refractivity contribution in [3.05, 3.63) is 117 Å². The van der Waals surface area contributed by atoms with Gasteiger partial charge in [0.15, 0.2) is 0 Å². The van der Waals surface area contributed by atoms with Crippen LogP contribution in [-0.4, -0.2) is 40.6 Å². The van der Waals surface area contributed by atoms with Crippen LogP contribution in [0.25, 0.3) is 10.8 Å². The first kappa shape index (κ1) is 33.6. The highest BCUT2D eigenvalue weighted by atomic mass is 32.2. The van der Waals surface area contributed by atoms with E-state index < -0.39 is 57.1 Å². The Morgan fingerprint density at radius 1 is 0.860 bits per heavy atom. The molecule has 3 unspecified atom stereocenters. The van der Waals surface area contributed by atoms with Gasteiger partial charge >= 0.3 is 11.0 Å². The molecule has 7 rings (SSSR count). The molecule has 0 radical (unpaired) electrons. The number of aromatic nitrogens is 1. The molecule has 13 heteroatoms. The Labute approximate surface area is 293 Å². The number of anilines is 3. The number of carbonyl (C=O) groups excluding carboxylic acids is 3. The highest BCUT2D eigenvalue weighted by Crippen LogP contribution is 2.54. The van der Waals surface area contributed by atoms with Crippen molar-refractivity contribution >= 4 is 68.7 Å². The number of nitrogens with one attached hydrogen (secondary N) is 1. The molecule has 3 atom stereocenters. The molecular formula is C37H31F3N4O4S2. The average molecular weight is 717 g/mol. The summed E-state index contributed by atoms with van der Waals surface area (Å²) in [6.07, 6.45) is -4.81. The van der Waals surface area contributed by atoms with Gasteiger partial charge in [0.1, 0.15) is 11.8 Å². The SMILES string of the molecule is CCN(CC)c1ccc(C2c3sc(=O)n(CC(=O)Nc4ccc5ccccc5c4)c3SC3C(=O)N(c4ccccc4C(F)(F)F)C(=O)C32)cc1. The number of carbonyl (C=O) groups is 3. The van der Waals surface area contributed by atoms with Crippen molar-refractivity contribution < 1.29 is 27.6 Å². The van der Waals surface area contributed by atoms with Crippen molar-refractivity contribution in [2.24, 2.45) is 5.92 Å². The van der Waals surface area contributed by atoms with Gasteiger partial charge in [-0.15, -0.1) is 0 Å². The molecule has 50 heavy (non-hydrogen) atoms. The van der Waals surface area contributed by atoms with E-state index >= 15 is 0 Å². The predicted octanol–water partition coefficient (Wildman–Crippen LogP) is 7.36. The summed E-state index contributed by atoms with van der Waals surface area (Å²) in [6, 6.07) is 25.1. The third kappa shape index (κ3) is 5.87. The number of nitrogens with zero attached hydrogens (tertiary/aromatic N) is 3. The van der Waals surface area contributed by atoms with Crippen LogP contribution in [0.15, 0.2) is 101 Å². The van der Waals surface area contributed by atoms with Crippen molar-refractivity contribution in [1.82, 2.24) is 4.57 Å². The lowest BCUT2D eigenvalue weighted by Gasteiger charge is -2.31. The lowest BCUT2D eigenvalue weighted by atomic mass is 9.83. The van der Waals surface area contributed by atoms with Crippen LogP contribution in [0, 0.1) is 5.92 Å². The van der Waals surface area contributed by atoms with Gasteiger partial charge in [-0.25, -0.2) is 4.90 Å². The van der Waals surface area contributed by atoms with Gasteiger partial charge in [-0.05, 0) is 66.6 Å². The zero-order valence-corrected chi connectivity index (χ0v) is 28.6. The van der Waals surface area contributed by atoms with Gasteiger partial charge in [0.05, 0.1) is 22.2 Å². The van der Waals surface area contributed by atoms with E-state index in [4.69, 9.17) is 0 Å². The van der Waals surface area contributed by atoms with Crippen LogP contribution in [0.3, 0.4) is 0 Å². The highest BCUT2D eigenvalue weighted by molar-refractivity contribution is 8.00. The van der Waals surface area contributed by atoms with E-state index in [1.807, 2.05) is 74.5 Å². The van der Waals surface area contributed by atoms with Crippen molar-refractivity contribution in [3.63, 3.8) is 0 Å². The van der Waals surface area contributed by atoms with Crippen LogP contribution in [0.5, 0.6) is 0 Å². The maximum atomic E-state index is 14.2. The van der Waals surface area contributed by atoms with E-state index in [1.54, 1.807) is 6.07 Å². The predicted molar refractivity (Wildman–Crippen MR) is 190 cm³/mol. The zero-order valence-electron chi connectivity index (χ0n) is 26.9. The quantitative estimate of drug-likeness (QED) is 0.169. The van der Waals surface area contributed by atoms with Gasteiger partial charge in [-0.2, -0.15) is 13.2 Å². The molecule has 4 aromatic carbocycles. The lowest BCUT2D eigenvalue weighted by Crippen LogP contribution is -2.33. The summed E-state index contributed by atoms with van der Waals surface area (Å²) in [5, 5.41) is 3.98. The number of amides is 3. The molecular weight excluding hydrogens is 686 g/mol. The molecule has 5 aromatic rings. The van der Waals surface area contributed by atoms with Crippen LogP contribution in [0.2, 0.25) is 0 Å². The molecule has 2 aliphatic rings. The number of benzene rings is 4. The van der Waals surface area contributed by atoms with Gasteiger partial charge in [-0.3, -0.25) is 23.7 Å². The molecule has 0 bridgehead atoms. The second-order valence-electron chi connectivity index (χ2n) is 12.1. The average Bonchev–Trinajstić information content (AvgIpc) is 3.54. The summed E-state index contributed by atoms with van der Waals surface area (Å²) >= 11 is 1.83. The van der Waals surface area contributed by atoms with Gasteiger partial charge in [0.25, 0.3) is 0 Å². The van der Waals surface area contributed by atoms with E-state index in [-0.39, 0.29) is 6.54 Å². The Balaban J connectivity index is 1.29. The standard InChI is InChI=1S/C37H31F3N4O4S2/c1-3-42(4-2)25-17-14-22(15-18-25)29-30-31(34(47)44(33(30)46)27-12-8-7-11-26(27)37(38,39)40)49-35-32(29)50-36(48)43(35)20-28(45)41-24-16-13-21-9-5-6-10-23(21)19-24/h5-19,29-31H,3-4,20H2,1-2H3,(H,41,45). The molecule has 256 valence electrons. The topological polar surface area (TPSA) is 91.7 Å². The van der Waals surface area contributed by atoms with Crippen LogP contribution in [0.1, 0.15) is 35.8 Å². The number of hydrogen-bond donors (Lipinski definition) is 1. The number of imide groups is 1. The summed E-state index contributed by atoms with van der Waals surface area (Å²) in [4.78, 5) is 58.1. The minimum atomic E-state index is -4.81. The van der Waals surface area contributed by atoms with Crippen molar-refractivity contribution in [3.8, 4) is 0 Å². The fourth-order valence-electron chi connectivity index (χ4n) is 6.85. The first-order chi connectivity index (χ1) is 24.0. The fraction of sp³-hybridized carbons (Fsp3) is 0.243. The van der Waals surface area contributed by atoms with Crippen LogP contribution in [0.4, 0.5) is 30.2 Å². The fourth-order valence-corrected chi connectivity index (χ4v) is 9.63. The van der Waals surface area contributed by atoms with Crippen LogP contribution < -0.4 is 20.0 Å². The minimum Gasteiger partial charge on any atom is -0.372 e. The number of thiazole rings is 1. The molecule has 3 amide bonds. The number of para-hydroxylation sites is 1. The van der Waals surface area contributed by atoms with Crippen molar-refractivity contribution in [2.75, 3.05) is 28.2 Å². The van der Waals surface area contributed by atoms with Crippen molar-refractivity contribution in [2.45, 2.75) is 42.8 Å². The number of alkyl halides is 3. The first-order valence-electron chi connectivity index (χ1n) is 16.1. The van der Waals surface area contributed by atoms with Gasteiger partial charge in [0, 0.05) is 35.3 Å². The molecule has 8 nitrogen and oxygen atoms in total. The third-order valence-electron chi connectivity index (χ3n) is 9.22. The maximum absolute atomic E-state index is 14.2. The largest absolute Gasteiger partial charge is 0.418 e. The summed E-state index contributed by atoms with van der Waals surface area (Å²) in [5.74, 6) is -3.94. The van der Waals surface area contributed by atoms with E-state index in [0.717, 1.165) is 64.8 Å². The molecule has 0 saturated carbocycles. The second-order valence-corrected chi connectivity index (χ2v) is 14.2. The smallest absolute Gasteiger partial charge is 0.372 e. The first-order valence-corrected chi connectivity index (χ1v) is 17.8. The molecule has 0 aliphatic carbocycles. The van der Waals surface area contributed by atoms with E-state index in [0.29, 0.717) is 26.1 Å². The Bertz CT molecular complexity index is 2190. The molecule has 0 spiro atoms. The number of hydrogen-bond acceptors (Lipinski definition) is 7. The molecule has 1 saturated heterocycles. The number of thioether (sulfide) groups is 1. The van der Waals surface area contributed by atoms with Crippen LogP contribution >= 0.6 is 23.1 Å². The molecule has 1 aromatic heterocycles. The van der Waals surface area contributed by atoms with Gasteiger partial charge in [0.2, 0.25) is 17.7 Å². The second kappa shape index (κ2) is 13.1. The van der Waals surface area contributed by atoms with Crippen molar-refractivity contribution in [1.29, 1.82) is 0 Å². The minimum absolute atomic E-state index is 0.347. The van der Waals surface area contributed by atoms with E-state index in [1.165, 1.54) is 16.7 Å². The monoisotopic (exact) mass is 716 g/mol. The van der Waals surface area contributed by atoms with Gasteiger partial charge < -0.3 is 10.2 Å². The normalized spacial score (nSPS) is 18.7. The number of rotatable bonds is 8.